The molecule has 32 heavy (non-hydrogen) atoms. The van der Waals surface area contributed by atoms with Gasteiger partial charge in [0.1, 0.15) is 0 Å². The molecule has 3 aromatic rings. The molecule has 2 heteroatoms. The maximum atomic E-state index is 8.06. The van der Waals surface area contributed by atoms with Gasteiger partial charge in [0, 0.05) is 18.2 Å². The van der Waals surface area contributed by atoms with Gasteiger partial charge in [-0.25, -0.2) is 0 Å². The molecule has 3 aromatic carbocycles. The fourth-order valence-corrected chi connectivity index (χ4v) is 6.08. The van der Waals surface area contributed by atoms with Crippen LogP contribution >= 0.6 is 0 Å². The topological polar surface area (TPSA) is 27.1 Å². The minimum atomic E-state index is 0.389. The lowest BCUT2D eigenvalue weighted by Gasteiger charge is -2.43. The highest BCUT2D eigenvalue weighted by Crippen LogP contribution is 2.54. The van der Waals surface area contributed by atoms with Crippen molar-refractivity contribution in [1.29, 1.82) is 5.41 Å². The normalized spacial score (nSPS) is 24.8. The maximum absolute atomic E-state index is 8.06. The molecule has 0 amide bonds. The highest BCUT2D eigenvalue weighted by Gasteiger charge is 2.41. The van der Waals surface area contributed by atoms with E-state index in [9.17, 15) is 0 Å². The summed E-state index contributed by atoms with van der Waals surface area (Å²) in [6.45, 7) is 0. The van der Waals surface area contributed by atoms with Crippen molar-refractivity contribution in [2.24, 2.45) is 5.92 Å². The van der Waals surface area contributed by atoms with E-state index in [-0.39, 0.29) is 0 Å². The molecule has 1 N–H and O–H groups in total. The molecule has 0 heterocycles. The average molecular weight is 421 g/mol. The third kappa shape index (κ3) is 3.73. The van der Waals surface area contributed by atoms with Crippen LogP contribution in [-0.2, 0) is 0 Å². The minimum Gasteiger partial charge on any atom is -0.308 e. The largest absolute Gasteiger partial charge is 0.308 e. The average Bonchev–Trinajstić information content (AvgIpc) is 3.23. The Morgan fingerprint density at radius 1 is 0.812 bits per heavy atom. The zero-order chi connectivity index (χ0) is 22.1. The Kier molecular flexibility index (Phi) is 5.80. The van der Waals surface area contributed by atoms with Crippen molar-refractivity contribution < 1.29 is 0 Å². The molecule has 0 spiro atoms. The van der Waals surface area contributed by atoms with Gasteiger partial charge in [0.25, 0.3) is 0 Å². The van der Waals surface area contributed by atoms with Gasteiger partial charge < -0.3 is 10.3 Å². The van der Waals surface area contributed by atoms with Gasteiger partial charge in [-0.2, -0.15) is 0 Å². The van der Waals surface area contributed by atoms with E-state index in [0.29, 0.717) is 23.8 Å². The highest BCUT2D eigenvalue weighted by atomic mass is 15.1. The van der Waals surface area contributed by atoms with Crippen molar-refractivity contribution in [3.8, 4) is 0 Å². The second-order valence-electron chi connectivity index (χ2n) is 9.55. The first-order valence-corrected chi connectivity index (χ1v) is 11.8. The number of hydrogen-bond acceptors (Lipinski definition) is 2. The van der Waals surface area contributed by atoms with Crippen LogP contribution in [0.15, 0.2) is 78.9 Å². The molecule has 1 saturated carbocycles. The summed E-state index contributed by atoms with van der Waals surface area (Å²) in [5.74, 6) is 1.33. The van der Waals surface area contributed by atoms with E-state index in [0.717, 1.165) is 12.0 Å². The van der Waals surface area contributed by atoms with Crippen LogP contribution in [0.5, 0.6) is 0 Å². The summed E-state index contributed by atoms with van der Waals surface area (Å²) in [4.78, 5) is 2.40. The predicted molar refractivity (Wildman–Crippen MR) is 135 cm³/mol. The minimum absolute atomic E-state index is 0.389. The monoisotopic (exact) mass is 420 g/mol. The van der Waals surface area contributed by atoms with E-state index in [1.165, 1.54) is 40.7 Å². The molecular weight excluding hydrogens is 388 g/mol. The SMILES string of the molecule is CN(C)C1CCC(C2C(c3ccccc3)=Cc3ccccc32)C(c2ccccc2C=N)C1. The lowest BCUT2D eigenvalue weighted by Crippen LogP contribution is -2.38. The van der Waals surface area contributed by atoms with Gasteiger partial charge in [-0.15, -0.1) is 0 Å². The Labute approximate surface area is 192 Å². The third-order valence-electron chi connectivity index (χ3n) is 7.67. The van der Waals surface area contributed by atoms with Crippen LogP contribution in [0.25, 0.3) is 11.6 Å². The van der Waals surface area contributed by atoms with Crippen molar-refractivity contribution in [1.82, 2.24) is 4.90 Å². The van der Waals surface area contributed by atoms with E-state index in [2.05, 4.69) is 104 Å². The molecule has 4 unspecified atom stereocenters. The van der Waals surface area contributed by atoms with Crippen molar-refractivity contribution in [3.63, 3.8) is 0 Å². The van der Waals surface area contributed by atoms with E-state index in [1.807, 2.05) is 0 Å². The molecule has 1 fully saturated rings. The first-order valence-electron chi connectivity index (χ1n) is 11.8. The lowest BCUT2D eigenvalue weighted by atomic mass is 9.64. The summed E-state index contributed by atoms with van der Waals surface area (Å²) < 4.78 is 0. The van der Waals surface area contributed by atoms with E-state index < -0.39 is 0 Å². The quantitative estimate of drug-likeness (QED) is 0.450. The van der Waals surface area contributed by atoms with Gasteiger partial charge >= 0.3 is 0 Å². The maximum Gasteiger partial charge on any atom is 0.0253 e. The summed E-state index contributed by atoms with van der Waals surface area (Å²) in [5, 5.41) is 8.06. The van der Waals surface area contributed by atoms with Crippen molar-refractivity contribution in [2.45, 2.75) is 37.1 Å². The zero-order valence-electron chi connectivity index (χ0n) is 19.0. The highest BCUT2D eigenvalue weighted by molar-refractivity contribution is 5.92. The first kappa shape index (κ1) is 20.9. The number of nitrogens with one attached hydrogen (secondary N) is 1. The second kappa shape index (κ2) is 8.88. The standard InChI is InChI=1S/C30H32N2/c1-32(2)24-16-17-27(29(19-24)25-14-8-7-13-23(25)20-31)30-26-15-9-6-12-22(26)18-28(30)21-10-4-3-5-11-21/h3-15,18,20,24,27,29-31H,16-17,19H2,1-2H3. The molecule has 5 rings (SSSR count). The van der Waals surface area contributed by atoms with Crippen LogP contribution in [-0.4, -0.2) is 31.3 Å². The van der Waals surface area contributed by atoms with Crippen molar-refractivity contribution in [3.05, 3.63) is 107 Å². The van der Waals surface area contributed by atoms with Crippen LogP contribution in [0.2, 0.25) is 0 Å². The van der Waals surface area contributed by atoms with Gasteiger partial charge in [-0.3, -0.25) is 0 Å². The van der Waals surface area contributed by atoms with Crippen molar-refractivity contribution >= 4 is 17.9 Å². The number of benzene rings is 3. The Bertz CT molecular complexity index is 1130. The summed E-state index contributed by atoms with van der Waals surface area (Å²) >= 11 is 0. The smallest absolute Gasteiger partial charge is 0.0253 e. The lowest BCUT2D eigenvalue weighted by molar-refractivity contribution is 0.165. The summed E-state index contributed by atoms with van der Waals surface area (Å²) in [5.41, 5.74) is 8.04. The summed E-state index contributed by atoms with van der Waals surface area (Å²) in [6.07, 6.45) is 7.53. The second-order valence-corrected chi connectivity index (χ2v) is 9.55. The molecule has 2 aliphatic rings. The van der Waals surface area contributed by atoms with E-state index in [1.54, 1.807) is 6.21 Å². The summed E-state index contributed by atoms with van der Waals surface area (Å²) in [6, 6.07) is 29.1. The van der Waals surface area contributed by atoms with Gasteiger partial charge in [-0.1, -0.05) is 84.9 Å². The van der Waals surface area contributed by atoms with Crippen LogP contribution < -0.4 is 0 Å². The molecule has 4 atom stereocenters. The number of hydrogen-bond donors (Lipinski definition) is 1. The Balaban J connectivity index is 1.63. The third-order valence-corrected chi connectivity index (χ3v) is 7.67. The predicted octanol–water partition coefficient (Wildman–Crippen LogP) is 6.84. The molecule has 2 nitrogen and oxygen atoms in total. The fraction of sp³-hybridized carbons (Fsp3) is 0.300. The molecule has 0 aromatic heterocycles. The Morgan fingerprint density at radius 3 is 2.25 bits per heavy atom. The Hall–Kier alpha value is -2.97. The molecule has 2 aliphatic carbocycles. The molecular formula is C30H32N2. The molecule has 0 bridgehead atoms. The molecule has 0 saturated heterocycles. The van der Waals surface area contributed by atoms with Crippen LogP contribution in [0.1, 0.15) is 58.9 Å². The fourth-order valence-electron chi connectivity index (χ4n) is 6.08. The van der Waals surface area contributed by atoms with Gasteiger partial charge in [0.2, 0.25) is 0 Å². The Morgan fingerprint density at radius 2 is 1.50 bits per heavy atom. The number of fused-ring (bicyclic) bond motifs is 1. The number of nitrogens with zero attached hydrogens (tertiary/aromatic N) is 1. The van der Waals surface area contributed by atoms with E-state index >= 15 is 0 Å². The first-order chi connectivity index (χ1) is 15.7. The summed E-state index contributed by atoms with van der Waals surface area (Å²) in [7, 11) is 4.43. The number of rotatable bonds is 5. The van der Waals surface area contributed by atoms with Crippen LogP contribution in [0.4, 0.5) is 0 Å². The van der Waals surface area contributed by atoms with Crippen molar-refractivity contribution in [2.75, 3.05) is 14.1 Å². The molecule has 0 radical (unpaired) electrons. The van der Waals surface area contributed by atoms with Gasteiger partial charge in [0.15, 0.2) is 0 Å². The van der Waals surface area contributed by atoms with E-state index in [4.69, 9.17) is 5.41 Å². The number of allylic oxidation sites excluding steroid dienone is 1. The van der Waals surface area contributed by atoms with Crippen LogP contribution in [0.3, 0.4) is 0 Å². The van der Waals surface area contributed by atoms with Gasteiger partial charge in [-0.05, 0) is 78.6 Å². The zero-order valence-corrected chi connectivity index (χ0v) is 19.0. The molecule has 162 valence electrons. The van der Waals surface area contributed by atoms with Gasteiger partial charge in [0.05, 0.1) is 0 Å². The van der Waals surface area contributed by atoms with Crippen LogP contribution in [0, 0.1) is 11.3 Å². The molecule has 0 aliphatic heterocycles.